The van der Waals surface area contributed by atoms with Crippen LogP contribution >= 0.6 is 0 Å². The topological polar surface area (TPSA) is 64.6 Å². The lowest BCUT2D eigenvalue weighted by atomic mass is 10.3. The molecular formula is C13H19NO4S. The minimum absolute atomic E-state index is 0.139. The van der Waals surface area contributed by atoms with Gasteiger partial charge in [0.15, 0.2) is 21.3 Å². The molecule has 0 amide bonds. The van der Waals surface area contributed by atoms with E-state index in [0.29, 0.717) is 42.6 Å². The van der Waals surface area contributed by atoms with Crippen molar-refractivity contribution in [3.63, 3.8) is 0 Å². The fraction of sp³-hybridized carbons (Fsp3) is 0.538. The molecule has 1 aromatic carbocycles. The van der Waals surface area contributed by atoms with Gasteiger partial charge in [-0.25, -0.2) is 8.42 Å². The van der Waals surface area contributed by atoms with Gasteiger partial charge in [0.1, 0.15) is 13.2 Å². The smallest absolute Gasteiger partial charge is 0.178 e. The Morgan fingerprint density at radius 1 is 1.21 bits per heavy atom. The molecule has 0 atom stereocenters. The summed E-state index contributed by atoms with van der Waals surface area (Å²) in [7, 11) is -3.25. The molecule has 5 nitrogen and oxygen atoms in total. The predicted molar refractivity (Wildman–Crippen MR) is 72.6 cm³/mol. The predicted octanol–water partition coefficient (Wildman–Crippen LogP) is 1.23. The molecule has 1 aliphatic rings. The molecule has 0 bridgehead atoms. The lowest BCUT2D eigenvalue weighted by Gasteiger charge is -2.18. The summed E-state index contributed by atoms with van der Waals surface area (Å²) in [5, 5.41) is 3.11. The van der Waals surface area contributed by atoms with Gasteiger partial charge in [0.2, 0.25) is 0 Å². The van der Waals surface area contributed by atoms with Crippen molar-refractivity contribution in [1.29, 1.82) is 0 Å². The number of nitrogens with one attached hydrogen (secondary N) is 1. The third-order valence-electron chi connectivity index (χ3n) is 2.89. The first kappa shape index (κ1) is 14.1. The van der Waals surface area contributed by atoms with Crippen molar-refractivity contribution in [3.8, 4) is 11.5 Å². The van der Waals surface area contributed by atoms with Crippen LogP contribution in [0, 0.1) is 0 Å². The van der Waals surface area contributed by atoms with Gasteiger partial charge in [-0.05, 0) is 31.6 Å². The summed E-state index contributed by atoms with van der Waals surface area (Å²) in [6.45, 7) is 4.51. The molecule has 106 valence electrons. The van der Waals surface area contributed by atoms with E-state index in [-0.39, 0.29) is 5.75 Å². The van der Waals surface area contributed by atoms with Crippen LogP contribution in [0.15, 0.2) is 23.1 Å². The monoisotopic (exact) mass is 285 g/mol. The van der Waals surface area contributed by atoms with E-state index >= 15 is 0 Å². The van der Waals surface area contributed by atoms with Gasteiger partial charge < -0.3 is 14.8 Å². The maximum absolute atomic E-state index is 12.2. The average molecular weight is 285 g/mol. The highest BCUT2D eigenvalue weighted by atomic mass is 32.2. The second kappa shape index (κ2) is 6.25. The number of benzene rings is 1. The van der Waals surface area contributed by atoms with Gasteiger partial charge in [0.05, 0.1) is 10.6 Å². The molecule has 0 saturated carbocycles. The maximum Gasteiger partial charge on any atom is 0.178 e. The maximum atomic E-state index is 12.2. The van der Waals surface area contributed by atoms with E-state index in [1.54, 1.807) is 18.2 Å². The van der Waals surface area contributed by atoms with Gasteiger partial charge in [0, 0.05) is 6.07 Å². The Hall–Kier alpha value is -1.27. The number of sulfone groups is 1. The molecule has 1 aromatic rings. The highest BCUT2D eigenvalue weighted by Gasteiger charge is 2.19. The highest BCUT2D eigenvalue weighted by molar-refractivity contribution is 7.91. The van der Waals surface area contributed by atoms with Crippen molar-refractivity contribution >= 4 is 9.84 Å². The summed E-state index contributed by atoms with van der Waals surface area (Å²) in [6, 6.07) is 4.79. The quantitative estimate of drug-likeness (QED) is 0.796. The second-order valence-corrected chi connectivity index (χ2v) is 6.44. The van der Waals surface area contributed by atoms with Crippen LogP contribution in [0.25, 0.3) is 0 Å². The van der Waals surface area contributed by atoms with Crippen molar-refractivity contribution in [1.82, 2.24) is 5.32 Å². The van der Waals surface area contributed by atoms with Crippen LogP contribution in [0.3, 0.4) is 0 Å². The van der Waals surface area contributed by atoms with Crippen LogP contribution in [0.2, 0.25) is 0 Å². The Balaban J connectivity index is 2.07. The molecule has 0 spiro atoms. The number of hydrogen-bond donors (Lipinski definition) is 1. The van der Waals surface area contributed by atoms with Crippen LogP contribution in [-0.2, 0) is 9.84 Å². The first-order valence-electron chi connectivity index (χ1n) is 6.46. The lowest BCUT2D eigenvalue weighted by Crippen LogP contribution is -2.19. The Kier molecular flexibility index (Phi) is 4.66. The molecule has 0 saturated heterocycles. The minimum Gasteiger partial charge on any atom is -0.486 e. The fourth-order valence-corrected chi connectivity index (χ4v) is 3.22. The van der Waals surface area contributed by atoms with Gasteiger partial charge in [0.25, 0.3) is 0 Å². The molecule has 19 heavy (non-hydrogen) atoms. The molecule has 0 unspecified atom stereocenters. The SMILES string of the molecule is CCNCCCS(=O)(=O)c1ccc2c(c1)OCCO2. The van der Waals surface area contributed by atoms with Crippen molar-refractivity contribution in [2.24, 2.45) is 0 Å². The zero-order valence-electron chi connectivity index (χ0n) is 11.0. The Morgan fingerprint density at radius 3 is 2.68 bits per heavy atom. The first-order valence-corrected chi connectivity index (χ1v) is 8.12. The van der Waals surface area contributed by atoms with Crippen molar-refractivity contribution in [3.05, 3.63) is 18.2 Å². The number of ether oxygens (including phenoxy) is 2. The van der Waals surface area contributed by atoms with Crippen LogP contribution < -0.4 is 14.8 Å². The standard InChI is InChI=1S/C13H19NO4S/c1-2-14-6-3-9-19(15,16)11-4-5-12-13(10-11)18-8-7-17-12/h4-5,10,14H,2-3,6-9H2,1H3. The third-order valence-corrected chi connectivity index (χ3v) is 4.69. The van der Waals surface area contributed by atoms with Gasteiger partial charge >= 0.3 is 0 Å². The normalized spacial score (nSPS) is 14.4. The van der Waals surface area contributed by atoms with Gasteiger partial charge in [-0.2, -0.15) is 0 Å². The summed E-state index contributed by atoms with van der Waals surface area (Å²) in [5.41, 5.74) is 0. The third kappa shape index (κ3) is 3.61. The van der Waals surface area contributed by atoms with E-state index in [9.17, 15) is 8.42 Å². The van der Waals surface area contributed by atoms with E-state index in [4.69, 9.17) is 9.47 Å². The molecule has 1 aliphatic heterocycles. The van der Waals surface area contributed by atoms with E-state index in [1.165, 1.54) is 0 Å². The lowest BCUT2D eigenvalue weighted by molar-refractivity contribution is 0.171. The molecule has 6 heteroatoms. The fourth-order valence-electron chi connectivity index (χ4n) is 1.90. The number of hydrogen-bond acceptors (Lipinski definition) is 5. The first-order chi connectivity index (χ1) is 9.13. The summed E-state index contributed by atoms with van der Waals surface area (Å²) in [5.74, 6) is 1.26. The highest BCUT2D eigenvalue weighted by Crippen LogP contribution is 2.32. The zero-order chi connectivity index (χ0) is 13.7. The van der Waals surface area contributed by atoms with E-state index in [1.807, 2.05) is 6.92 Å². The van der Waals surface area contributed by atoms with E-state index < -0.39 is 9.84 Å². The van der Waals surface area contributed by atoms with E-state index in [2.05, 4.69) is 5.32 Å². The molecule has 2 rings (SSSR count). The van der Waals surface area contributed by atoms with Gasteiger partial charge in [-0.15, -0.1) is 0 Å². The molecule has 0 fully saturated rings. The Morgan fingerprint density at radius 2 is 1.95 bits per heavy atom. The van der Waals surface area contributed by atoms with Crippen LogP contribution in [-0.4, -0.2) is 40.5 Å². The number of rotatable bonds is 6. The van der Waals surface area contributed by atoms with Gasteiger partial charge in [-0.1, -0.05) is 6.92 Å². The van der Waals surface area contributed by atoms with Crippen molar-refractivity contribution < 1.29 is 17.9 Å². The molecule has 0 aliphatic carbocycles. The summed E-state index contributed by atoms with van der Waals surface area (Å²) < 4.78 is 35.1. The molecule has 0 aromatic heterocycles. The number of fused-ring (bicyclic) bond motifs is 1. The van der Waals surface area contributed by atoms with E-state index in [0.717, 1.165) is 6.54 Å². The molecular weight excluding hydrogens is 266 g/mol. The minimum atomic E-state index is -3.25. The summed E-state index contributed by atoms with van der Waals surface area (Å²) >= 11 is 0. The summed E-state index contributed by atoms with van der Waals surface area (Å²) in [6.07, 6.45) is 0.602. The van der Waals surface area contributed by atoms with Crippen LogP contribution in [0.5, 0.6) is 11.5 Å². The Bertz CT molecular complexity index is 527. The molecule has 1 heterocycles. The summed E-state index contributed by atoms with van der Waals surface area (Å²) in [4.78, 5) is 0.299. The van der Waals surface area contributed by atoms with Crippen molar-refractivity contribution in [2.45, 2.75) is 18.2 Å². The Labute approximate surface area is 113 Å². The molecule has 0 radical (unpaired) electrons. The average Bonchev–Trinajstić information content (AvgIpc) is 2.43. The van der Waals surface area contributed by atoms with Gasteiger partial charge in [-0.3, -0.25) is 0 Å². The van der Waals surface area contributed by atoms with Crippen molar-refractivity contribution in [2.75, 3.05) is 32.1 Å². The van der Waals surface area contributed by atoms with Crippen LogP contribution in [0.1, 0.15) is 13.3 Å². The van der Waals surface area contributed by atoms with Crippen LogP contribution in [0.4, 0.5) is 0 Å². The second-order valence-electron chi connectivity index (χ2n) is 4.33. The molecule has 1 N–H and O–H groups in total. The largest absolute Gasteiger partial charge is 0.486 e. The zero-order valence-corrected chi connectivity index (χ0v) is 11.8.